The topological polar surface area (TPSA) is 77.5 Å². The first-order valence-electron chi connectivity index (χ1n) is 9.07. The molecule has 0 unspecified atom stereocenters. The summed E-state index contributed by atoms with van der Waals surface area (Å²) in [7, 11) is 0. The Balaban J connectivity index is 2.15. The number of rotatable bonds is 8. The van der Waals surface area contributed by atoms with Crippen molar-refractivity contribution in [3.05, 3.63) is 46.8 Å². The SMILES string of the molecule is CCOCCCNC(N)=NCc1ccc(-n2nc(C)cc2C)cc1C(F)(F)F. The molecule has 2 aromatic rings. The first kappa shape index (κ1) is 21.7. The lowest BCUT2D eigenvalue weighted by atomic mass is 10.1. The van der Waals surface area contributed by atoms with Crippen molar-refractivity contribution >= 4 is 5.96 Å². The van der Waals surface area contributed by atoms with E-state index in [0.717, 1.165) is 23.9 Å². The second kappa shape index (κ2) is 9.59. The van der Waals surface area contributed by atoms with Gasteiger partial charge < -0.3 is 15.8 Å². The van der Waals surface area contributed by atoms with E-state index in [9.17, 15) is 13.2 Å². The van der Waals surface area contributed by atoms with Gasteiger partial charge in [-0.1, -0.05) is 6.07 Å². The summed E-state index contributed by atoms with van der Waals surface area (Å²) in [5.41, 5.74) is 6.90. The summed E-state index contributed by atoms with van der Waals surface area (Å²) < 4.78 is 47.4. The highest BCUT2D eigenvalue weighted by Gasteiger charge is 2.33. The Hall–Kier alpha value is -2.55. The molecule has 3 N–H and O–H groups in total. The third kappa shape index (κ3) is 5.98. The van der Waals surface area contributed by atoms with Crippen LogP contribution in [0.1, 0.15) is 35.9 Å². The molecule has 0 aliphatic carbocycles. The molecule has 154 valence electrons. The van der Waals surface area contributed by atoms with Crippen LogP contribution in [0.2, 0.25) is 0 Å². The lowest BCUT2D eigenvalue weighted by Crippen LogP contribution is -2.33. The van der Waals surface area contributed by atoms with Crippen molar-refractivity contribution in [1.29, 1.82) is 0 Å². The maximum atomic E-state index is 13.6. The van der Waals surface area contributed by atoms with E-state index in [0.29, 0.717) is 25.4 Å². The van der Waals surface area contributed by atoms with Crippen LogP contribution in [0, 0.1) is 13.8 Å². The predicted molar refractivity (Wildman–Crippen MR) is 102 cm³/mol. The Morgan fingerprint density at radius 2 is 2.04 bits per heavy atom. The van der Waals surface area contributed by atoms with Crippen molar-refractivity contribution in [3.63, 3.8) is 0 Å². The number of nitrogens with zero attached hydrogens (tertiary/aromatic N) is 3. The molecular weight excluding hydrogens is 371 g/mol. The number of aryl methyl sites for hydroxylation is 2. The van der Waals surface area contributed by atoms with Crippen LogP contribution < -0.4 is 11.1 Å². The third-order valence-electron chi connectivity index (χ3n) is 4.05. The smallest absolute Gasteiger partial charge is 0.382 e. The largest absolute Gasteiger partial charge is 0.416 e. The van der Waals surface area contributed by atoms with Crippen LogP contribution in [0.5, 0.6) is 0 Å². The number of alkyl halides is 3. The number of benzene rings is 1. The van der Waals surface area contributed by atoms with E-state index >= 15 is 0 Å². The molecular formula is C19H26F3N5O. The average Bonchev–Trinajstić information content (AvgIpc) is 2.97. The van der Waals surface area contributed by atoms with Crippen molar-refractivity contribution in [3.8, 4) is 5.69 Å². The van der Waals surface area contributed by atoms with Gasteiger partial charge in [0.1, 0.15) is 0 Å². The summed E-state index contributed by atoms with van der Waals surface area (Å²) in [5.74, 6) is 0.104. The highest BCUT2D eigenvalue weighted by molar-refractivity contribution is 5.77. The van der Waals surface area contributed by atoms with Gasteiger partial charge in [0.05, 0.1) is 23.5 Å². The minimum absolute atomic E-state index is 0.0526. The van der Waals surface area contributed by atoms with E-state index in [4.69, 9.17) is 10.5 Å². The van der Waals surface area contributed by atoms with Crippen LogP contribution in [-0.2, 0) is 17.5 Å². The van der Waals surface area contributed by atoms with Gasteiger partial charge in [0.25, 0.3) is 0 Å². The summed E-state index contributed by atoms with van der Waals surface area (Å²) in [4.78, 5) is 4.03. The molecule has 0 saturated heterocycles. The van der Waals surface area contributed by atoms with E-state index < -0.39 is 11.7 Å². The molecule has 1 aromatic heterocycles. The fourth-order valence-corrected chi connectivity index (χ4v) is 2.75. The predicted octanol–water partition coefficient (Wildman–Crippen LogP) is 3.34. The Bertz CT molecular complexity index is 814. The standard InChI is InChI=1S/C19H26F3N5O/c1-4-28-9-5-8-24-18(23)25-12-15-6-7-16(11-17(15)19(20,21)22)27-14(3)10-13(2)26-27/h6-7,10-11H,4-5,8-9,12H2,1-3H3,(H3,23,24,25). The van der Waals surface area contributed by atoms with Crippen LogP contribution in [-0.4, -0.2) is 35.5 Å². The monoisotopic (exact) mass is 397 g/mol. The van der Waals surface area contributed by atoms with Gasteiger partial charge in [-0.2, -0.15) is 18.3 Å². The quantitative estimate of drug-likeness (QED) is 0.407. The molecule has 0 bridgehead atoms. The van der Waals surface area contributed by atoms with Crippen molar-refractivity contribution in [2.75, 3.05) is 19.8 Å². The summed E-state index contributed by atoms with van der Waals surface area (Å²) in [6, 6.07) is 5.92. The summed E-state index contributed by atoms with van der Waals surface area (Å²) in [5, 5.41) is 7.11. The van der Waals surface area contributed by atoms with Gasteiger partial charge in [-0.15, -0.1) is 0 Å². The van der Waals surface area contributed by atoms with Gasteiger partial charge >= 0.3 is 6.18 Å². The molecule has 0 amide bonds. The van der Waals surface area contributed by atoms with Gasteiger partial charge in [-0.3, -0.25) is 0 Å². The number of aromatic nitrogens is 2. The second-order valence-corrected chi connectivity index (χ2v) is 6.36. The van der Waals surface area contributed by atoms with Gasteiger partial charge in [-0.25, -0.2) is 9.67 Å². The number of hydrogen-bond donors (Lipinski definition) is 2. The number of nitrogens with one attached hydrogen (secondary N) is 1. The maximum Gasteiger partial charge on any atom is 0.416 e. The highest BCUT2D eigenvalue weighted by Crippen LogP contribution is 2.34. The normalized spacial score (nSPS) is 12.4. The molecule has 0 aliphatic heterocycles. The lowest BCUT2D eigenvalue weighted by Gasteiger charge is -2.14. The van der Waals surface area contributed by atoms with Crippen LogP contribution in [0.25, 0.3) is 5.69 Å². The molecule has 9 heteroatoms. The van der Waals surface area contributed by atoms with E-state index in [1.54, 1.807) is 19.9 Å². The Kier molecular flexibility index (Phi) is 7.45. The zero-order valence-electron chi connectivity index (χ0n) is 16.3. The highest BCUT2D eigenvalue weighted by atomic mass is 19.4. The van der Waals surface area contributed by atoms with Crippen molar-refractivity contribution in [1.82, 2.24) is 15.1 Å². The van der Waals surface area contributed by atoms with E-state index in [2.05, 4.69) is 15.4 Å². The summed E-state index contributed by atoms with van der Waals surface area (Å²) in [6.45, 7) is 7.08. The molecule has 0 atom stereocenters. The van der Waals surface area contributed by atoms with Gasteiger partial charge in [0, 0.05) is 25.5 Å². The maximum absolute atomic E-state index is 13.6. The Morgan fingerprint density at radius 3 is 2.64 bits per heavy atom. The summed E-state index contributed by atoms with van der Waals surface area (Å²) >= 11 is 0. The molecule has 1 aromatic carbocycles. The molecule has 0 saturated carbocycles. The van der Waals surface area contributed by atoms with Gasteiger partial charge in [0.2, 0.25) is 0 Å². The lowest BCUT2D eigenvalue weighted by molar-refractivity contribution is -0.138. The van der Waals surface area contributed by atoms with Crippen LogP contribution in [0.3, 0.4) is 0 Å². The Labute approximate surface area is 162 Å². The molecule has 2 rings (SSSR count). The number of hydrogen-bond acceptors (Lipinski definition) is 3. The molecule has 6 nitrogen and oxygen atoms in total. The van der Waals surface area contributed by atoms with Crippen molar-refractivity contribution < 1.29 is 17.9 Å². The summed E-state index contributed by atoms with van der Waals surface area (Å²) in [6.07, 6.45) is -3.77. The number of guanidine groups is 1. The van der Waals surface area contributed by atoms with Crippen LogP contribution in [0.4, 0.5) is 13.2 Å². The second-order valence-electron chi connectivity index (χ2n) is 6.36. The minimum Gasteiger partial charge on any atom is -0.382 e. The van der Waals surface area contributed by atoms with Crippen molar-refractivity contribution in [2.24, 2.45) is 10.7 Å². The molecule has 0 radical (unpaired) electrons. The number of aliphatic imine (C=N–C) groups is 1. The number of halogens is 3. The zero-order chi connectivity index (χ0) is 20.7. The van der Waals surface area contributed by atoms with Crippen LogP contribution >= 0.6 is 0 Å². The fraction of sp³-hybridized carbons (Fsp3) is 0.474. The Morgan fingerprint density at radius 1 is 1.29 bits per heavy atom. The zero-order valence-corrected chi connectivity index (χ0v) is 16.3. The van der Waals surface area contributed by atoms with Crippen molar-refractivity contribution in [2.45, 2.75) is 39.9 Å². The van der Waals surface area contributed by atoms with E-state index in [1.165, 1.54) is 10.7 Å². The minimum atomic E-state index is -4.50. The third-order valence-corrected chi connectivity index (χ3v) is 4.05. The van der Waals surface area contributed by atoms with E-state index in [-0.39, 0.29) is 18.1 Å². The molecule has 0 aliphatic rings. The first-order valence-corrected chi connectivity index (χ1v) is 9.07. The number of nitrogens with two attached hydrogens (primary N) is 1. The number of ether oxygens (including phenoxy) is 1. The molecule has 1 heterocycles. The first-order chi connectivity index (χ1) is 13.2. The van der Waals surface area contributed by atoms with E-state index in [1.807, 2.05) is 13.0 Å². The van der Waals surface area contributed by atoms with Gasteiger partial charge in [0.15, 0.2) is 5.96 Å². The van der Waals surface area contributed by atoms with Gasteiger partial charge in [-0.05, 0) is 51.0 Å². The molecule has 0 spiro atoms. The fourth-order valence-electron chi connectivity index (χ4n) is 2.75. The molecule has 28 heavy (non-hydrogen) atoms. The van der Waals surface area contributed by atoms with Crippen LogP contribution in [0.15, 0.2) is 29.3 Å². The molecule has 0 fully saturated rings. The average molecular weight is 397 g/mol.